The van der Waals surface area contributed by atoms with Gasteiger partial charge in [0.15, 0.2) is 0 Å². The first-order valence-corrected chi connectivity index (χ1v) is 4.35. The van der Waals surface area contributed by atoms with E-state index in [1.54, 1.807) is 0 Å². The summed E-state index contributed by atoms with van der Waals surface area (Å²) in [6.45, 7) is 6.71. The van der Waals surface area contributed by atoms with Crippen molar-refractivity contribution in [3.63, 3.8) is 0 Å². The lowest BCUT2D eigenvalue weighted by molar-refractivity contribution is 0.599. The molecule has 0 aromatic rings. The lowest BCUT2D eigenvalue weighted by Crippen LogP contribution is -2.28. The Labute approximate surface area is 63.4 Å². The smallest absolute Gasteiger partial charge is 0.00768 e. The van der Waals surface area contributed by atoms with Crippen LogP contribution in [0, 0.1) is 5.92 Å². The quantitative estimate of drug-likeness (QED) is 0.531. The Morgan fingerprint density at radius 3 is 2.50 bits per heavy atom. The summed E-state index contributed by atoms with van der Waals surface area (Å²) >= 11 is 0. The molecule has 0 atom stereocenters. The molecule has 1 aliphatic rings. The average molecular weight is 142 g/mol. The van der Waals surface area contributed by atoms with Gasteiger partial charge < -0.3 is 10.6 Å². The third-order valence-electron chi connectivity index (χ3n) is 1.86. The van der Waals surface area contributed by atoms with E-state index in [4.69, 9.17) is 0 Å². The maximum Gasteiger partial charge on any atom is 0.00768 e. The maximum atomic E-state index is 3.42. The van der Waals surface area contributed by atoms with E-state index in [1.165, 1.54) is 19.4 Å². The molecule has 1 rings (SSSR count). The van der Waals surface area contributed by atoms with E-state index in [1.807, 2.05) is 0 Å². The van der Waals surface area contributed by atoms with E-state index >= 15 is 0 Å². The van der Waals surface area contributed by atoms with E-state index in [2.05, 4.69) is 17.6 Å². The van der Waals surface area contributed by atoms with Crippen LogP contribution >= 0.6 is 0 Å². The lowest BCUT2D eigenvalue weighted by Gasteiger charge is -2.02. The van der Waals surface area contributed by atoms with Crippen LogP contribution in [0.5, 0.6) is 0 Å². The van der Waals surface area contributed by atoms with Gasteiger partial charge in [-0.3, -0.25) is 0 Å². The zero-order chi connectivity index (χ0) is 7.23. The molecule has 0 aliphatic heterocycles. The van der Waals surface area contributed by atoms with E-state index in [0.29, 0.717) is 0 Å². The molecule has 2 nitrogen and oxygen atoms in total. The summed E-state index contributed by atoms with van der Waals surface area (Å²) in [6, 6.07) is 0. The van der Waals surface area contributed by atoms with Crippen molar-refractivity contribution in [3.8, 4) is 0 Å². The van der Waals surface area contributed by atoms with Crippen molar-refractivity contribution in [3.05, 3.63) is 0 Å². The van der Waals surface area contributed by atoms with Gasteiger partial charge in [0.2, 0.25) is 0 Å². The summed E-state index contributed by atoms with van der Waals surface area (Å²) in [5, 5.41) is 6.70. The van der Waals surface area contributed by atoms with Crippen molar-refractivity contribution in [1.29, 1.82) is 0 Å². The standard InChI is InChI=1S/C8H18N2/c1-2-9-5-6-10-7-8-3-4-8/h8-10H,2-7H2,1H3. The van der Waals surface area contributed by atoms with Crippen LogP contribution in [0.1, 0.15) is 19.8 Å². The van der Waals surface area contributed by atoms with Crippen molar-refractivity contribution in [1.82, 2.24) is 10.6 Å². The Hall–Kier alpha value is -0.0800. The van der Waals surface area contributed by atoms with E-state index < -0.39 is 0 Å². The maximum absolute atomic E-state index is 3.42. The molecule has 0 unspecified atom stereocenters. The van der Waals surface area contributed by atoms with Crippen LogP contribution in [0.15, 0.2) is 0 Å². The molecule has 0 radical (unpaired) electrons. The van der Waals surface area contributed by atoms with Crippen LogP contribution in [0.4, 0.5) is 0 Å². The molecule has 60 valence electrons. The topological polar surface area (TPSA) is 24.1 Å². The van der Waals surface area contributed by atoms with E-state index in [0.717, 1.165) is 25.6 Å². The number of nitrogens with one attached hydrogen (secondary N) is 2. The number of hydrogen-bond acceptors (Lipinski definition) is 2. The van der Waals surface area contributed by atoms with Gasteiger partial charge in [0.05, 0.1) is 0 Å². The number of likely N-dealkylation sites (N-methyl/N-ethyl adjacent to an activating group) is 1. The van der Waals surface area contributed by atoms with Gasteiger partial charge >= 0.3 is 0 Å². The second kappa shape index (κ2) is 4.69. The van der Waals surface area contributed by atoms with Crippen molar-refractivity contribution < 1.29 is 0 Å². The fourth-order valence-corrected chi connectivity index (χ4v) is 0.982. The Bertz CT molecular complexity index is 79.3. The predicted molar refractivity (Wildman–Crippen MR) is 44.1 cm³/mol. The first kappa shape index (κ1) is 8.02. The molecule has 2 heteroatoms. The first-order valence-electron chi connectivity index (χ1n) is 4.35. The van der Waals surface area contributed by atoms with Gasteiger partial charge in [-0.05, 0) is 31.8 Å². The summed E-state index contributed by atoms with van der Waals surface area (Å²) in [5.74, 6) is 1.02. The van der Waals surface area contributed by atoms with Gasteiger partial charge in [0, 0.05) is 13.1 Å². The number of rotatable bonds is 6. The highest BCUT2D eigenvalue weighted by molar-refractivity contribution is 4.75. The highest BCUT2D eigenvalue weighted by Gasteiger charge is 2.19. The van der Waals surface area contributed by atoms with Gasteiger partial charge in [-0.25, -0.2) is 0 Å². The Balaban J connectivity index is 1.68. The minimum atomic E-state index is 1.02. The molecular weight excluding hydrogens is 124 g/mol. The molecule has 0 aromatic heterocycles. The average Bonchev–Trinajstić information content (AvgIpc) is 2.71. The summed E-state index contributed by atoms with van der Waals surface area (Å²) in [7, 11) is 0. The van der Waals surface area contributed by atoms with Crippen molar-refractivity contribution in [2.45, 2.75) is 19.8 Å². The summed E-state index contributed by atoms with van der Waals surface area (Å²) < 4.78 is 0. The molecule has 1 fully saturated rings. The van der Waals surface area contributed by atoms with Crippen LogP contribution < -0.4 is 10.6 Å². The second-order valence-electron chi connectivity index (χ2n) is 3.00. The lowest BCUT2D eigenvalue weighted by atomic mass is 10.4. The first-order chi connectivity index (χ1) is 4.93. The van der Waals surface area contributed by atoms with Gasteiger partial charge in [0.1, 0.15) is 0 Å². The molecule has 0 aromatic carbocycles. The summed E-state index contributed by atoms with van der Waals surface area (Å²) in [6.07, 6.45) is 2.91. The van der Waals surface area contributed by atoms with E-state index in [-0.39, 0.29) is 0 Å². The van der Waals surface area contributed by atoms with Gasteiger partial charge in [-0.15, -0.1) is 0 Å². The van der Waals surface area contributed by atoms with Gasteiger partial charge in [-0.2, -0.15) is 0 Å². The largest absolute Gasteiger partial charge is 0.316 e. The van der Waals surface area contributed by atoms with E-state index in [9.17, 15) is 0 Å². The highest BCUT2D eigenvalue weighted by atomic mass is 14.9. The Kier molecular flexibility index (Phi) is 3.76. The Morgan fingerprint density at radius 1 is 1.20 bits per heavy atom. The van der Waals surface area contributed by atoms with Crippen LogP contribution in [-0.4, -0.2) is 26.2 Å². The molecule has 1 aliphatic carbocycles. The fraction of sp³-hybridized carbons (Fsp3) is 1.00. The fourth-order valence-electron chi connectivity index (χ4n) is 0.982. The van der Waals surface area contributed by atoms with Crippen molar-refractivity contribution in [2.24, 2.45) is 5.92 Å². The molecular formula is C8H18N2. The third-order valence-corrected chi connectivity index (χ3v) is 1.86. The second-order valence-corrected chi connectivity index (χ2v) is 3.00. The van der Waals surface area contributed by atoms with Crippen LogP contribution in [-0.2, 0) is 0 Å². The SMILES string of the molecule is CCNCCNCC1CC1. The zero-order valence-corrected chi connectivity index (χ0v) is 6.82. The molecule has 0 heterocycles. The van der Waals surface area contributed by atoms with Crippen LogP contribution in [0.2, 0.25) is 0 Å². The van der Waals surface area contributed by atoms with Gasteiger partial charge in [0.25, 0.3) is 0 Å². The molecule has 2 N–H and O–H groups in total. The molecule has 1 saturated carbocycles. The minimum absolute atomic E-state index is 1.02. The minimum Gasteiger partial charge on any atom is -0.316 e. The Morgan fingerprint density at radius 2 is 1.90 bits per heavy atom. The predicted octanol–water partition coefficient (Wildman–Crippen LogP) is 0.595. The molecule has 0 bridgehead atoms. The molecule has 0 amide bonds. The molecule has 0 spiro atoms. The molecule has 10 heavy (non-hydrogen) atoms. The highest BCUT2D eigenvalue weighted by Crippen LogP contribution is 2.27. The summed E-state index contributed by atoms with van der Waals surface area (Å²) in [5.41, 5.74) is 0. The van der Waals surface area contributed by atoms with Crippen molar-refractivity contribution >= 4 is 0 Å². The molecule has 0 saturated heterocycles. The third kappa shape index (κ3) is 3.85. The normalized spacial score (nSPS) is 17.7. The van der Waals surface area contributed by atoms with Crippen LogP contribution in [0.25, 0.3) is 0 Å². The van der Waals surface area contributed by atoms with Gasteiger partial charge in [-0.1, -0.05) is 6.92 Å². The zero-order valence-electron chi connectivity index (χ0n) is 6.82. The monoisotopic (exact) mass is 142 g/mol. The summed E-state index contributed by atoms with van der Waals surface area (Å²) in [4.78, 5) is 0. The number of hydrogen-bond donors (Lipinski definition) is 2. The van der Waals surface area contributed by atoms with Crippen molar-refractivity contribution in [2.75, 3.05) is 26.2 Å². The van der Waals surface area contributed by atoms with Crippen LogP contribution in [0.3, 0.4) is 0 Å².